The minimum absolute atomic E-state index is 0.0706. The minimum Gasteiger partial charge on any atom is -0.598 e. The number of carbonyl (C=O) groups excluding carboxylic acids is 1. The van der Waals surface area contributed by atoms with E-state index in [0.717, 1.165) is 44.1 Å². The normalized spacial score (nSPS) is 26.9. The number of hydrogen-bond donors (Lipinski definition) is 2. The van der Waals surface area contributed by atoms with E-state index in [9.17, 15) is 19.2 Å². The fourth-order valence-corrected chi connectivity index (χ4v) is 6.09. The van der Waals surface area contributed by atoms with Crippen molar-refractivity contribution in [3.63, 3.8) is 0 Å². The van der Waals surface area contributed by atoms with Crippen LogP contribution in [0.1, 0.15) is 63.0 Å². The Hall–Kier alpha value is -1.28. The molecule has 6 nitrogen and oxygen atoms in total. The molecule has 3 aliphatic rings. The van der Waals surface area contributed by atoms with E-state index < -0.39 is 23.2 Å². The second-order valence-corrected chi connectivity index (χ2v) is 10.8. The molecule has 3 fully saturated rings. The molecule has 4 rings (SSSR count). The van der Waals surface area contributed by atoms with Crippen LogP contribution in [-0.4, -0.2) is 44.3 Å². The van der Waals surface area contributed by atoms with E-state index in [1.54, 1.807) is 0 Å². The first kappa shape index (κ1) is 21.9. The van der Waals surface area contributed by atoms with E-state index in [1.807, 2.05) is 29.2 Å². The maximum Gasteiger partial charge on any atom is 0.304 e. The van der Waals surface area contributed by atoms with Crippen molar-refractivity contribution in [1.82, 2.24) is 9.62 Å². The first-order chi connectivity index (χ1) is 14.4. The molecule has 0 radical (unpaired) electrons. The SMILES string of the molecule is O=C(O)C[C@H]1CC[C@@H](c2ccc(Cl)cc2)N(C(CN[S+]([O-])C2CCC2)C2CC2)C1=O. The lowest BCUT2D eigenvalue weighted by Crippen LogP contribution is -2.54. The lowest BCUT2D eigenvalue weighted by Gasteiger charge is -2.44. The van der Waals surface area contributed by atoms with Gasteiger partial charge in [-0.05, 0) is 68.6 Å². The first-order valence-corrected chi connectivity index (χ1v) is 12.5. The Morgan fingerprint density at radius 3 is 2.47 bits per heavy atom. The van der Waals surface area contributed by atoms with Gasteiger partial charge in [-0.25, -0.2) is 0 Å². The molecular weight excluding hydrogens is 424 g/mol. The van der Waals surface area contributed by atoms with Crippen molar-refractivity contribution in [2.24, 2.45) is 11.8 Å². The highest BCUT2D eigenvalue weighted by Gasteiger charge is 2.46. The lowest BCUT2D eigenvalue weighted by molar-refractivity contribution is -0.151. The van der Waals surface area contributed by atoms with Crippen molar-refractivity contribution in [1.29, 1.82) is 0 Å². The van der Waals surface area contributed by atoms with Crippen LogP contribution < -0.4 is 4.72 Å². The van der Waals surface area contributed by atoms with E-state index >= 15 is 0 Å². The summed E-state index contributed by atoms with van der Waals surface area (Å²) in [7, 11) is 0. The summed E-state index contributed by atoms with van der Waals surface area (Å²) in [4.78, 5) is 26.7. The topological polar surface area (TPSA) is 92.7 Å². The maximum absolute atomic E-state index is 13.5. The van der Waals surface area contributed by atoms with Crippen LogP contribution in [0.5, 0.6) is 0 Å². The van der Waals surface area contributed by atoms with Gasteiger partial charge in [0.15, 0.2) is 0 Å². The molecule has 1 aromatic rings. The van der Waals surface area contributed by atoms with Crippen molar-refractivity contribution < 1.29 is 19.2 Å². The summed E-state index contributed by atoms with van der Waals surface area (Å²) in [5.41, 5.74) is 1.02. The number of rotatable bonds is 9. The van der Waals surface area contributed by atoms with Crippen molar-refractivity contribution in [2.75, 3.05) is 6.54 Å². The van der Waals surface area contributed by atoms with E-state index in [-0.39, 0.29) is 29.7 Å². The second-order valence-electron chi connectivity index (χ2n) is 8.79. The van der Waals surface area contributed by atoms with Gasteiger partial charge in [0, 0.05) is 22.3 Å². The number of nitrogens with zero attached hydrogens (tertiary/aromatic N) is 1. The molecule has 1 amide bonds. The molecule has 1 saturated heterocycles. The number of likely N-dealkylation sites (tertiary alicyclic amines) is 1. The Labute approximate surface area is 185 Å². The molecule has 30 heavy (non-hydrogen) atoms. The highest BCUT2D eigenvalue weighted by Crippen LogP contribution is 2.44. The summed E-state index contributed by atoms with van der Waals surface area (Å²) >= 11 is 4.98. The molecule has 0 spiro atoms. The number of piperidine rings is 1. The van der Waals surface area contributed by atoms with Crippen molar-refractivity contribution >= 4 is 34.8 Å². The quantitative estimate of drug-likeness (QED) is 0.557. The van der Waals surface area contributed by atoms with Gasteiger partial charge in [-0.1, -0.05) is 23.7 Å². The number of nitrogens with one attached hydrogen (secondary N) is 1. The van der Waals surface area contributed by atoms with Gasteiger partial charge in [-0.3, -0.25) is 9.59 Å². The van der Waals surface area contributed by atoms with Crippen LogP contribution in [0, 0.1) is 11.8 Å². The lowest BCUT2D eigenvalue weighted by atomic mass is 9.84. The van der Waals surface area contributed by atoms with Gasteiger partial charge in [-0.2, -0.15) is 0 Å². The molecule has 0 aromatic heterocycles. The molecule has 4 atom stereocenters. The molecule has 2 saturated carbocycles. The number of carboxylic acids is 1. The molecule has 2 unspecified atom stereocenters. The van der Waals surface area contributed by atoms with Gasteiger partial charge < -0.3 is 14.6 Å². The smallest absolute Gasteiger partial charge is 0.304 e. The molecule has 164 valence electrons. The summed E-state index contributed by atoms with van der Waals surface area (Å²) in [5, 5.41) is 10.1. The molecule has 1 aromatic carbocycles. The third-order valence-corrected chi connectivity index (χ3v) is 8.50. The van der Waals surface area contributed by atoms with Gasteiger partial charge >= 0.3 is 5.97 Å². The van der Waals surface area contributed by atoms with Gasteiger partial charge in [0.1, 0.15) is 5.25 Å². The zero-order chi connectivity index (χ0) is 21.3. The Balaban J connectivity index is 1.56. The molecule has 0 bridgehead atoms. The number of carboxylic acid groups (broad SMARTS) is 1. The minimum atomic E-state index is -1.08. The van der Waals surface area contributed by atoms with E-state index in [4.69, 9.17) is 11.6 Å². The standard InChI is InChI=1S/C22H29ClN2O4S/c23-17-9-6-14(7-10-17)19-11-8-16(12-21(26)27)22(28)25(19)20(15-4-5-15)13-24-30(29)18-2-1-3-18/h6-7,9-10,15-16,18-20,24H,1-5,8,11-13H2,(H,26,27)/t16-,19+,20?,30?/m1/s1. The zero-order valence-electron chi connectivity index (χ0n) is 17.0. The predicted molar refractivity (Wildman–Crippen MR) is 116 cm³/mol. The van der Waals surface area contributed by atoms with E-state index in [1.165, 1.54) is 0 Å². The third kappa shape index (κ3) is 4.96. The molecule has 8 heteroatoms. The average molecular weight is 453 g/mol. The molecule has 1 aliphatic heterocycles. The molecule has 1 heterocycles. The fraction of sp³-hybridized carbons (Fsp3) is 0.636. The summed E-state index contributed by atoms with van der Waals surface area (Å²) < 4.78 is 15.7. The van der Waals surface area contributed by atoms with Crippen LogP contribution >= 0.6 is 11.6 Å². The molecular formula is C22H29ClN2O4S. The molecule has 2 N–H and O–H groups in total. The van der Waals surface area contributed by atoms with E-state index in [2.05, 4.69) is 4.72 Å². The van der Waals surface area contributed by atoms with Gasteiger partial charge in [0.05, 0.1) is 25.0 Å². The van der Waals surface area contributed by atoms with Crippen LogP contribution in [0.25, 0.3) is 0 Å². The van der Waals surface area contributed by atoms with Gasteiger partial charge in [0.2, 0.25) is 5.91 Å². The summed E-state index contributed by atoms with van der Waals surface area (Å²) in [6.07, 6.45) is 6.35. The number of halogens is 1. The van der Waals surface area contributed by atoms with Crippen molar-refractivity contribution in [3.8, 4) is 0 Å². The van der Waals surface area contributed by atoms with Crippen LogP contribution in [0.15, 0.2) is 24.3 Å². The van der Waals surface area contributed by atoms with E-state index in [0.29, 0.717) is 23.9 Å². The summed E-state index contributed by atoms with van der Waals surface area (Å²) in [6.45, 7) is 0.489. The molecule has 2 aliphatic carbocycles. The number of carbonyl (C=O) groups is 2. The Morgan fingerprint density at radius 2 is 1.90 bits per heavy atom. The Bertz CT molecular complexity index is 769. The number of aliphatic carboxylic acids is 1. The van der Waals surface area contributed by atoms with Gasteiger partial charge in [0.25, 0.3) is 0 Å². The highest BCUT2D eigenvalue weighted by molar-refractivity contribution is 7.90. The van der Waals surface area contributed by atoms with Crippen LogP contribution in [0.2, 0.25) is 5.02 Å². The summed E-state index contributed by atoms with van der Waals surface area (Å²) in [5.74, 6) is -1.15. The zero-order valence-corrected chi connectivity index (χ0v) is 18.5. The first-order valence-electron chi connectivity index (χ1n) is 10.9. The number of benzene rings is 1. The fourth-order valence-electron chi connectivity index (χ4n) is 4.64. The number of amides is 1. The maximum atomic E-state index is 13.5. The third-order valence-electron chi connectivity index (χ3n) is 6.72. The van der Waals surface area contributed by atoms with Crippen LogP contribution in [-0.2, 0) is 21.0 Å². The monoisotopic (exact) mass is 452 g/mol. The van der Waals surface area contributed by atoms with Crippen molar-refractivity contribution in [3.05, 3.63) is 34.9 Å². The Kier molecular flexibility index (Phi) is 6.92. The average Bonchev–Trinajstić information content (AvgIpc) is 3.49. The summed E-state index contributed by atoms with van der Waals surface area (Å²) in [6, 6.07) is 7.39. The number of hydrogen-bond acceptors (Lipinski definition) is 4. The highest BCUT2D eigenvalue weighted by atomic mass is 35.5. The Morgan fingerprint density at radius 1 is 1.20 bits per heavy atom. The second kappa shape index (κ2) is 9.47. The van der Waals surface area contributed by atoms with Gasteiger partial charge in [-0.15, -0.1) is 4.72 Å². The largest absolute Gasteiger partial charge is 0.598 e. The van der Waals surface area contributed by atoms with Crippen molar-refractivity contribution in [2.45, 2.75) is 68.7 Å². The van der Waals surface area contributed by atoms with Crippen LogP contribution in [0.3, 0.4) is 0 Å². The van der Waals surface area contributed by atoms with Crippen LogP contribution in [0.4, 0.5) is 0 Å². The predicted octanol–water partition coefficient (Wildman–Crippen LogP) is 3.68.